The molecule has 0 bridgehead atoms. The highest BCUT2D eigenvalue weighted by Gasteiger charge is 2.37. The van der Waals surface area contributed by atoms with Crippen molar-refractivity contribution >= 4 is 43.1 Å². The third kappa shape index (κ3) is 5.47. The maximum absolute atomic E-state index is 5.46. The maximum atomic E-state index is 5.46. The van der Waals surface area contributed by atoms with Gasteiger partial charge in [-0.1, -0.05) is 202 Å². The molecule has 0 amide bonds. The third-order valence-electron chi connectivity index (χ3n) is 12.9. The van der Waals surface area contributed by atoms with Crippen LogP contribution < -0.4 is 0 Å². The van der Waals surface area contributed by atoms with Crippen molar-refractivity contribution in [3.63, 3.8) is 0 Å². The summed E-state index contributed by atoms with van der Waals surface area (Å²) in [6.07, 6.45) is 0. The van der Waals surface area contributed by atoms with E-state index in [0.717, 1.165) is 38.6 Å². The first-order valence-corrected chi connectivity index (χ1v) is 21.0. The van der Waals surface area contributed by atoms with E-state index in [9.17, 15) is 0 Å². The quantitative estimate of drug-likeness (QED) is 0.129. The maximum Gasteiger partial charge on any atom is 0.164 e. The SMILES string of the molecule is CC1(C)c2ccccc2-c2c(-c3nc(-c4ccccc4-c4ccccc4)nc(-c4ccc(-c5c6ccccc6cc6c5ccc5ccccc56)c5ccccc45)n3)cccc21. The van der Waals surface area contributed by atoms with E-state index in [1.165, 1.54) is 65.7 Å². The van der Waals surface area contributed by atoms with E-state index in [1.807, 2.05) is 0 Å². The van der Waals surface area contributed by atoms with Gasteiger partial charge in [0.1, 0.15) is 0 Å². The van der Waals surface area contributed by atoms with Crippen LogP contribution in [0.3, 0.4) is 0 Å². The molecule has 1 heterocycles. The molecule has 0 fully saturated rings. The fourth-order valence-electron chi connectivity index (χ4n) is 10.0. The van der Waals surface area contributed by atoms with E-state index in [1.54, 1.807) is 0 Å². The largest absolute Gasteiger partial charge is 0.208 e. The van der Waals surface area contributed by atoms with Crippen molar-refractivity contribution in [2.45, 2.75) is 19.3 Å². The highest BCUT2D eigenvalue weighted by Crippen LogP contribution is 2.52. The fourth-order valence-corrected chi connectivity index (χ4v) is 10.0. The molecule has 0 saturated carbocycles. The van der Waals surface area contributed by atoms with Gasteiger partial charge in [0.05, 0.1) is 0 Å². The molecule has 0 spiro atoms. The smallest absolute Gasteiger partial charge is 0.164 e. The van der Waals surface area contributed by atoms with Gasteiger partial charge in [0.15, 0.2) is 17.5 Å². The number of hydrogen-bond donors (Lipinski definition) is 0. The van der Waals surface area contributed by atoms with Crippen LogP contribution in [0, 0.1) is 0 Å². The molecule has 61 heavy (non-hydrogen) atoms. The molecule has 0 aliphatic heterocycles. The minimum absolute atomic E-state index is 0.162. The molecule has 10 aromatic carbocycles. The summed E-state index contributed by atoms with van der Waals surface area (Å²) in [4.78, 5) is 16.3. The molecule has 0 saturated heterocycles. The van der Waals surface area contributed by atoms with E-state index >= 15 is 0 Å². The minimum atomic E-state index is -0.162. The summed E-state index contributed by atoms with van der Waals surface area (Å²) < 4.78 is 0. The van der Waals surface area contributed by atoms with E-state index in [0.29, 0.717) is 17.5 Å². The molecule has 11 aromatic rings. The van der Waals surface area contributed by atoms with Gasteiger partial charge in [0, 0.05) is 22.1 Å². The highest BCUT2D eigenvalue weighted by molar-refractivity contribution is 6.23. The average molecular weight is 778 g/mol. The van der Waals surface area contributed by atoms with Crippen molar-refractivity contribution in [2.24, 2.45) is 0 Å². The van der Waals surface area contributed by atoms with Gasteiger partial charge in [-0.25, -0.2) is 15.0 Å². The van der Waals surface area contributed by atoms with Crippen molar-refractivity contribution < 1.29 is 0 Å². The molecule has 1 aliphatic rings. The lowest BCUT2D eigenvalue weighted by Crippen LogP contribution is -2.14. The fraction of sp³-hybridized carbons (Fsp3) is 0.0517. The van der Waals surface area contributed by atoms with Crippen molar-refractivity contribution in [1.29, 1.82) is 0 Å². The Morgan fingerprint density at radius 1 is 0.295 bits per heavy atom. The lowest BCUT2D eigenvalue weighted by Gasteiger charge is -2.21. The van der Waals surface area contributed by atoms with Gasteiger partial charge in [0.25, 0.3) is 0 Å². The number of rotatable bonds is 5. The summed E-state index contributed by atoms with van der Waals surface area (Å²) >= 11 is 0. The van der Waals surface area contributed by atoms with Crippen LogP contribution in [0.15, 0.2) is 200 Å². The van der Waals surface area contributed by atoms with Crippen LogP contribution >= 0.6 is 0 Å². The Kier molecular flexibility index (Phi) is 7.88. The Balaban J connectivity index is 1.13. The van der Waals surface area contributed by atoms with E-state index < -0.39 is 0 Å². The predicted molar refractivity (Wildman–Crippen MR) is 255 cm³/mol. The first kappa shape index (κ1) is 35.2. The first-order chi connectivity index (χ1) is 30.0. The zero-order chi connectivity index (χ0) is 40.7. The van der Waals surface area contributed by atoms with Crippen LogP contribution in [0.25, 0.3) is 111 Å². The van der Waals surface area contributed by atoms with Crippen molar-refractivity contribution in [3.05, 3.63) is 211 Å². The van der Waals surface area contributed by atoms with Crippen LogP contribution in [0.5, 0.6) is 0 Å². The van der Waals surface area contributed by atoms with Crippen LogP contribution in [-0.2, 0) is 5.41 Å². The number of nitrogens with zero attached hydrogens (tertiary/aromatic N) is 3. The van der Waals surface area contributed by atoms with Crippen LogP contribution in [0.2, 0.25) is 0 Å². The van der Waals surface area contributed by atoms with Gasteiger partial charge < -0.3 is 0 Å². The number of benzene rings is 10. The van der Waals surface area contributed by atoms with Gasteiger partial charge in [-0.15, -0.1) is 0 Å². The van der Waals surface area contributed by atoms with E-state index in [-0.39, 0.29) is 5.41 Å². The summed E-state index contributed by atoms with van der Waals surface area (Å²) in [7, 11) is 0. The van der Waals surface area contributed by atoms with Crippen molar-refractivity contribution in [3.8, 4) is 67.5 Å². The Morgan fingerprint density at radius 2 is 0.836 bits per heavy atom. The molecule has 0 unspecified atom stereocenters. The second-order valence-electron chi connectivity index (χ2n) is 16.7. The molecular formula is C58H39N3. The molecule has 0 radical (unpaired) electrons. The minimum Gasteiger partial charge on any atom is -0.208 e. The molecule has 1 aliphatic carbocycles. The molecule has 3 heteroatoms. The summed E-state index contributed by atoms with van der Waals surface area (Å²) in [6, 6.07) is 72.0. The van der Waals surface area contributed by atoms with E-state index in [2.05, 4.69) is 214 Å². The second-order valence-corrected chi connectivity index (χ2v) is 16.7. The molecule has 0 atom stereocenters. The molecule has 1 aromatic heterocycles. The number of fused-ring (bicyclic) bond motifs is 8. The third-order valence-corrected chi connectivity index (χ3v) is 12.9. The molecular weight excluding hydrogens is 739 g/mol. The standard InChI is InChI=1S/C58H39N3/c1-58(2)51-29-15-14-27-48(51)54-49(28-16-30-52(54)58)57-60-55(46-26-13-10-21-39(46)36-17-4-3-5-18-36)59-56(61-57)47-34-33-44(42-24-11-12-25-43(42)47)53-41-23-9-7-20-38(41)35-50-40-22-8-6-19-37(40)31-32-45(50)53/h3-35H,1-2H3. The monoisotopic (exact) mass is 777 g/mol. The average Bonchev–Trinajstić information content (AvgIpc) is 3.56. The van der Waals surface area contributed by atoms with Crippen molar-refractivity contribution in [2.75, 3.05) is 0 Å². The number of aromatic nitrogens is 3. The molecule has 12 rings (SSSR count). The van der Waals surface area contributed by atoms with Gasteiger partial charge >= 0.3 is 0 Å². The Labute approximate surface area is 354 Å². The topological polar surface area (TPSA) is 38.7 Å². The summed E-state index contributed by atoms with van der Waals surface area (Å²) in [6.45, 7) is 4.63. The van der Waals surface area contributed by atoms with Gasteiger partial charge in [-0.2, -0.15) is 0 Å². The summed E-state index contributed by atoms with van der Waals surface area (Å²) in [5.41, 5.74) is 12.4. The van der Waals surface area contributed by atoms with Crippen molar-refractivity contribution in [1.82, 2.24) is 15.0 Å². The van der Waals surface area contributed by atoms with Gasteiger partial charge in [-0.3, -0.25) is 0 Å². The first-order valence-electron chi connectivity index (χ1n) is 21.0. The lowest BCUT2D eigenvalue weighted by molar-refractivity contribution is 0.660. The Bertz CT molecular complexity index is 3570. The zero-order valence-electron chi connectivity index (χ0n) is 33.9. The predicted octanol–water partition coefficient (Wildman–Crippen LogP) is 15.1. The molecule has 3 nitrogen and oxygen atoms in total. The summed E-state index contributed by atoms with van der Waals surface area (Å²) in [5, 5.41) is 9.67. The summed E-state index contributed by atoms with van der Waals surface area (Å²) in [5.74, 6) is 1.94. The molecule has 286 valence electrons. The zero-order valence-corrected chi connectivity index (χ0v) is 33.9. The van der Waals surface area contributed by atoms with Crippen LogP contribution in [-0.4, -0.2) is 15.0 Å². The van der Waals surface area contributed by atoms with Crippen LogP contribution in [0.4, 0.5) is 0 Å². The normalized spacial score (nSPS) is 12.9. The Hall–Kier alpha value is -7.75. The van der Waals surface area contributed by atoms with Crippen LogP contribution in [0.1, 0.15) is 25.0 Å². The van der Waals surface area contributed by atoms with Gasteiger partial charge in [0.2, 0.25) is 0 Å². The highest BCUT2D eigenvalue weighted by atomic mass is 15.0. The van der Waals surface area contributed by atoms with Gasteiger partial charge in [-0.05, 0) is 99.7 Å². The number of hydrogen-bond acceptors (Lipinski definition) is 3. The lowest BCUT2D eigenvalue weighted by atomic mass is 9.82. The second kappa shape index (κ2) is 13.7. The molecule has 0 N–H and O–H groups in total. The Morgan fingerprint density at radius 3 is 1.62 bits per heavy atom. The van der Waals surface area contributed by atoms with E-state index in [4.69, 9.17) is 15.0 Å².